The van der Waals surface area contributed by atoms with Crippen molar-refractivity contribution < 1.29 is 4.79 Å². The van der Waals surface area contributed by atoms with E-state index in [9.17, 15) is 4.79 Å². The van der Waals surface area contributed by atoms with Gasteiger partial charge in [-0.3, -0.25) is 4.79 Å². The minimum atomic E-state index is 0.0396. The van der Waals surface area contributed by atoms with E-state index in [4.69, 9.17) is 5.73 Å². The zero-order chi connectivity index (χ0) is 13.0. The summed E-state index contributed by atoms with van der Waals surface area (Å²) in [6.07, 6.45) is 0. The smallest absolute Gasteiger partial charge is 0.159 e. The van der Waals surface area contributed by atoms with Gasteiger partial charge in [-0.05, 0) is 30.7 Å². The number of nitrogens with one attached hydrogen (secondary N) is 1. The first-order valence-electron chi connectivity index (χ1n) is 5.85. The molecule has 2 aromatic carbocycles. The number of carbonyl (C=O) groups excluding carboxylic acids is 1. The van der Waals surface area contributed by atoms with Gasteiger partial charge in [-0.15, -0.1) is 0 Å². The Kier molecular flexibility index (Phi) is 3.63. The lowest BCUT2D eigenvalue weighted by molar-refractivity contribution is 0.101. The van der Waals surface area contributed by atoms with Crippen LogP contribution < -0.4 is 11.1 Å². The van der Waals surface area contributed by atoms with Gasteiger partial charge in [-0.1, -0.05) is 30.3 Å². The van der Waals surface area contributed by atoms with Gasteiger partial charge >= 0.3 is 0 Å². The van der Waals surface area contributed by atoms with Crippen LogP contribution in [0.2, 0.25) is 0 Å². The molecule has 0 aromatic heterocycles. The molecule has 3 nitrogen and oxygen atoms in total. The lowest BCUT2D eigenvalue weighted by atomic mass is 10.1. The van der Waals surface area contributed by atoms with Crippen LogP contribution in [0.25, 0.3) is 0 Å². The quantitative estimate of drug-likeness (QED) is 0.638. The fraction of sp³-hybridized carbons (Fsp3) is 0.133. The van der Waals surface area contributed by atoms with Gasteiger partial charge in [-0.2, -0.15) is 0 Å². The zero-order valence-corrected chi connectivity index (χ0v) is 10.3. The molecule has 0 saturated carbocycles. The molecule has 0 heterocycles. The summed E-state index contributed by atoms with van der Waals surface area (Å²) < 4.78 is 0. The van der Waals surface area contributed by atoms with Crippen molar-refractivity contribution in [3.63, 3.8) is 0 Å². The van der Waals surface area contributed by atoms with Crippen LogP contribution in [-0.2, 0) is 6.54 Å². The minimum absolute atomic E-state index is 0.0396. The van der Waals surface area contributed by atoms with E-state index in [0.717, 1.165) is 5.69 Å². The fourth-order valence-electron chi connectivity index (χ4n) is 1.72. The number of benzene rings is 2. The van der Waals surface area contributed by atoms with Crippen molar-refractivity contribution in [2.75, 3.05) is 11.1 Å². The van der Waals surface area contributed by atoms with Crippen LogP contribution in [0.1, 0.15) is 22.8 Å². The highest BCUT2D eigenvalue weighted by Crippen LogP contribution is 2.21. The topological polar surface area (TPSA) is 55.1 Å². The molecular formula is C15H16N2O. The second-order valence-corrected chi connectivity index (χ2v) is 4.20. The normalized spacial score (nSPS) is 10.1. The summed E-state index contributed by atoms with van der Waals surface area (Å²) in [4.78, 5) is 11.3. The van der Waals surface area contributed by atoms with Crippen LogP contribution in [0.15, 0.2) is 48.5 Å². The number of anilines is 2. The van der Waals surface area contributed by atoms with Crippen LogP contribution in [0, 0.1) is 0 Å². The molecule has 2 aromatic rings. The maximum absolute atomic E-state index is 11.3. The van der Waals surface area contributed by atoms with E-state index < -0.39 is 0 Å². The molecular weight excluding hydrogens is 224 g/mol. The summed E-state index contributed by atoms with van der Waals surface area (Å²) in [6, 6.07) is 15.3. The Morgan fingerprint density at radius 3 is 2.56 bits per heavy atom. The van der Waals surface area contributed by atoms with Gasteiger partial charge in [-0.25, -0.2) is 0 Å². The highest BCUT2D eigenvalue weighted by atomic mass is 16.1. The van der Waals surface area contributed by atoms with E-state index in [1.54, 1.807) is 25.1 Å². The molecule has 0 aliphatic rings. The van der Waals surface area contributed by atoms with Crippen LogP contribution in [-0.4, -0.2) is 5.78 Å². The summed E-state index contributed by atoms with van der Waals surface area (Å²) in [5.74, 6) is 0.0396. The Bertz CT molecular complexity index is 550. The number of hydrogen-bond acceptors (Lipinski definition) is 3. The highest BCUT2D eigenvalue weighted by molar-refractivity contribution is 5.96. The SMILES string of the molecule is CC(=O)c1ccc(N)c(NCc2ccccc2)c1. The molecule has 0 aliphatic heterocycles. The van der Waals surface area contributed by atoms with Crippen molar-refractivity contribution in [1.82, 2.24) is 0 Å². The Morgan fingerprint density at radius 2 is 1.89 bits per heavy atom. The minimum Gasteiger partial charge on any atom is -0.397 e. The first-order valence-corrected chi connectivity index (χ1v) is 5.85. The summed E-state index contributed by atoms with van der Waals surface area (Å²) in [5, 5.41) is 3.25. The second-order valence-electron chi connectivity index (χ2n) is 4.20. The molecule has 18 heavy (non-hydrogen) atoms. The molecule has 2 rings (SSSR count). The molecule has 0 unspecified atom stereocenters. The largest absolute Gasteiger partial charge is 0.397 e. The number of Topliss-reactive ketones (excluding diaryl/α,β-unsaturated/α-hetero) is 1. The Balaban J connectivity index is 2.14. The van der Waals surface area contributed by atoms with Crippen molar-refractivity contribution in [2.45, 2.75) is 13.5 Å². The Hall–Kier alpha value is -2.29. The average molecular weight is 240 g/mol. The molecule has 0 aliphatic carbocycles. The molecule has 0 bridgehead atoms. The number of carbonyl (C=O) groups is 1. The average Bonchev–Trinajstić information content (AvgIpc) is 2.38. The van der Waals surface area contributed by atoms with Gasteiger partial charge in [0.2, 0.25) is 0 Å². The van der Waals surface area contributed by atoms with E-state index >= 15 is 0 Å². The van der Waals surface area contributed by atoms with E-state index in [0.29, 0.717) is 17.8 Å². The van der Waals surface area contributed by atoms with Gasteiger partial charge in [0, 0.05) is 12.1 Å². The van der Waals surface area contributed by atoms with Crippen molar-refractivity contribution in [2.24, 2.45) is 0 Å². The summed E-state index contributed by atoms with van der Waals surface area (Å²) in [6.45, 7) is 2.24. The summed E-state index contributed by atoms with van der Waals surface area (Å²) in [7, 11) is 0. The first kappa shape index (κ1) is 12.2. The molecule has 0 spiro atoms. The monoisotopic (exact) mass is 240 g/mol. The van der Waals surface area contributed by atoms with Crippen LogP contribution in [0.4, 0.5) is 11.4 Å². The van der Waals surface area contributed by atoms with Gasteiger partial charge in [0.05, 0.1) is 11.4 Å². The third-order valence-corrected chi connectivity index (χ3v) is 2.79. The molecule has 0 amide bonds. The first-order chi connectivity index (χ1) is 8.66. The summed E-state index contributed by atoms with van der Waals surface area (Å²) in [5.41, 5.74) is 9.16. The third-order valence-electron chi connectivity index (χ3n) is 2.79. The summed E-state index contributed by atoms with van der Waals surface area (Å²) >= 11 is 0. The Labute approximate surface area is 107 Å². The highest BCUT2D eigenvalue weighted by Gasteiger charge is 2.04. The van der Waals surface area contributed by atoms with Crippen molar-refractivity contribution in [3.05, 3.63) is 59.7 Å². The van der Waals surface area contributed by atoms with Crippen molar-refractivity contribution in [3.8, 4) is 0 Å². The van der Waals surface area contributed by atoms with Crippen LogP contribution in [0.3, 0.4) is 0 Å². The maximum atomic E-state index is 11.3. The predicted molar refractivity (Wildman–Crippen MR) is 74.6 cm³/mol. The van der Waals surface area contributed by atoms with E-state index in [1.807, 2.05) is 30.3 Å². The van der Waals surface area contributed by atoms with Gasteiger partial charge in [0.1, 0.15) is 0 Å². The number of ketones is 1. The molecule has 0 atom stereocenters. The zero-order valence-electron chi connectivity index (χ0n) is 10.3. The van der Waals surface area contributed by atoms with E-state index in [-0.39, 0.29) is 5.78 Å². The molecule has 0 radical (unpaired) electrons. The maximum Gasteiger partial charge on any atom is 0.159 e. The predicted octanol–water partition coefficient (Wildman–Crippen LogP) is 3.08. The molecule has 0 fully saturated rings. The van der Waals surface area contributed by atoms with E-state index in [2.05, 4.69) is 5.32 Å². The van der Waals surface area contributed by atoms with Gasteiger partial charge < -0.3 is 11.1 Å². The van der Waals surface area contributed by atoms with Crippen LogP contribution in [0.5, 0.6) is 0 Å². The molecule has 3 N–H and O–H groups in total. The molecule has 3 heteroatoms. The third kappa shape index (κ3) is 2.88. The molecule has 0 saturated heterocycles. The fourth-order valence-corrected chi connectivity index (χ4v) is 1.72. The van der Waals surface area contributed by atoms with Crippen molar-refractivity contribution >= 4 is 17.2 Å². The van der Waals surface area contributed by atoms with Crippen molar-refractivity contribution in [1.29, 1.82) is 0 Å². The Morgan fingerprint density at radius 1 is 1.17 bits per heavy atom. The van der Waals surface area contributed by atoms with Gasteiger partial charge in [0.15, 0.2) is 5.78 Å². The van der Waals surface area contributed by atoms with E-state index in [1.165, 1.54) is 5.56 Å². The number of rotatable bonds is 4. The van der Waals surface area contributed by atoms with Gasteiger partial charge in [0.25, 0.3) is 0 Å². The number of nitrogen functional groups attached to an aromatic ring is 1. The molecule has 92 valence electrons. The number of nitrogens with two attached hydrogens (primary N) is 1. The number of hydrogen-bond donors (Lipinski definition) is 2. The lowest BCUT2D eigenvalue weighted by Crippen LogP contribution is -2.04. The second kappa shape index (κ2) is 5.36. The lowest BCUT2D eigenvalue weighted by Gasteiger charge is -2.10. The van der Waals surface area contributed by atoms with Crippen LogP contribution >= 0.6 is 0 Å². The standard InChI is InChI=1S/C15H16N2O/c1-11(18)13-7-8-14(16)15(9-13)17-10-12-5-3-2-4-6-12/h2-9,17H,10,16H2,1H3.